The normalized spacial score (nSPS) is 17.0. The standard InChI is InChI=1S/C18H15Cl4N3O/c19-13-1-3-15(16(21)7-13)12(9-25-6-5-23-11-25)10-26-24-18-4-2-14(20)8-17(18)22/h1-3,5-8,11-12H,4,9-10H2. The molecule has 8 heteroatoms. The Kier molecular flexibility index (Phi) is 6.65. The summed E-state index contributed by atoms with van der Waals surface area (Å²) in [6.45, 7) is 0.964. The van der Waals surface area contributed by atoms with Crippen molar-refractivity contribution in [2.75, 3.05) is 6.61 Å². The molecule has 0 fully saturated rings. The van der Waals surface area contributed by atoms with Gasteiger partial charge in [0.1, 0.15) is 12.3 Å². The molecule has 1 aromatic heterocycles. The second-order valence-electron chi connectivity index (χ2n) is 5.74. The minimum absolute atomic E-state index is 0.0382. The van der Waals surface area contributed by atoms with Gasteiger partial charge in [0.2, 0.25) is 0 Å². The fourth-order valence-corrected chi connectivity index (χ4v) is 3.60. The largest absolute Gasteiger partial charge is 0.395 e. The predicted octanol–water partition coefficient (Wildman–Crippen LogP) is 6.00. The SMILES string of the molecule is ClC1=CCC(=NOCC(Cn2ccnc2)c2ccc(Cl)cc2Cl)C(Cl)=C1. The molecule has 0 radical (unpaired) electrons. The number of nitrogens with zero attached hydrogens (tertiary/aromatic N) is 3. The summed E-state index contributed by atoms with van der Waals surface area (Å²) >= 11 is 24.5. The zero-order valence-corrected chi connectivity index (χ0v) is 16.6. The van der Waals surface area contributed by atoms with Crippen LogP contribution in [0.25, 0.3) is 0 Å². The molecule has 0 saturated heterocycles. The van der Waals surface area contributed by atoms with Gasteiger partial charge in [-0.05, 0) is 23.8 Å². The van der Waals surface area contributed by atoms with E-state index in [0.717, 1.165) is 5.56 Å². The van der Waals surface area contributed by atoms with Crippen LogP contribution in [0, 0.1) is 0 Å². The number of rotatable bonds is 6. The van der Waals surface area contributed by atoms with Crippen LogP contribution in [-0.4, -0.2) is 21.9 Å². The van der Waals surface area contributed by atoms with Crippen molar-refractivity contribution in [1.29, 1.82) is 0 Å². The molecule has 0 bridgehead atoms. The maximum atomic E-state index is 6.38. The van der Waals surface area contributed by atoms with Crippen LogP contribution < -0.4 is 0 Å². The zero-order chi connectivity index (χ0) is 18.5. The van der Waals surface area contributed by atoms with Gasteiger partial charge in [0, 0.05) is 46.4 Å². The molecule has 4 nitrogen and oxygen atoms in total. The van der Waals surface area contributed by atoms with E-state index in [4.69, 9.17) is 51.2 Å². The van der Waals surface area contributed by atoms with Crippen LogP contribution in [0.15, 0.2) is 64.3 Å². The summed E-state index contributed by atoms with van der Waals surface area (Å²) in [5.41, 5.74) is 1.57. The number of halogens is 4. The fourth-order valence-electron chi connectivity index (χ4n) is 2.56. The van der Waals surface area contributed by atoms with Crippen molar-refractivity contribution in [3.05, 3.63) is 74.7 Å². The molecule has 0 amide bonds. The number of imidazole rings is 1. The van der Waals surface area contributed by atoms with Crippen LogP contribution in [0.2, 0.25) is 10.0 Å². The molecular weight excluding hydrogens is 416 g/mol. The van der Waals surface area contributed by atoms with E-state index in [-0.39, 0.29) is 5.92 Å². The number of oxime groups is 1. The minimum Gasteiger partial charge on any atom is -0.395 e. The van der Waals surface area contributed by atoms with Crippen molar-refractivity contribution < 1.29 is 4.84 Å². The van der Waals surface area contributed by atoms with E-state index < -0.39 is 0 Å². The summed E-state index contributed by atoms with van der Waals surface area (Å²) in [5.74, 6) is -0.0382. The third kappa shape index (κ3) is 5.04. The highest BCUT2D eigenvalue weighted by Gasteiger charge is 2.18. The molecule has 0 aliphatic heterocycles. The van der Waals surface area contributed by atoms with Gasteiger partial charge in [0.15, 0.2) is 0 Å². The quantitative estimate of drug-likeness (QED) is 0.527. The van der Waals surface area contributed by atoms with Crippen LogP contribution in [0.1, 0.15) is 17.9 Å². The summed E-state index contributed by atoms with van der Waals surface area (Å²) in [4.78, 5) is 9.67. The van der Waals surface area contributed by atoms with Crippen molar-refractivity contribution in [3.8, 4) is 0 Å². The van der Waals surface area contributed by atoms with E-state index in [9.17, 15) is 0 Å². The minimum atomic E-state index is -0.0382. The molecular formula is C18H15Cl4N3O. The first-order valence-electron chi connectivity index (χ1n) is 7.85. The van der Waals surface area contributed by atoms with Gasteiger partial charge in [-0.1, -0.05) is 63.7 Å². The molecule has 0 spiro atoms. The highest BCUT2D eigenvalue weighted by Crippen LogP contribution is 2.29. The van der Waals surface area contributed by atoms with E-state index in [1.165, 1.54) is 0 Å². The lowest BCUT2D eigenvalue weighted by atomic mass is 10.00. The maximum Gasteiger partial charge on any atom is 0.125 e. The number of benzene rings is 1. The van der Waals surface area contributed by atoms with Crippen LogP contribution >= 0.6 is 46.4 Å². The van der Waals surface area contributed by atoms with Gasteiger partial charge < -0.3 is 9.40 Å². The van der Waals surface area contributed by atoms with E-state index in [1.807, 2.05) is 29.0 Å². The molecule has 1 aliphatic carbocycles. The fraction of sp³-hybridized carbons (Fsp3) is 0.222. The van der Waals surface area contributed by atoms with Crippen molar-refractivity contribution in [2.45, 2.75) is 18.9 Å². The Balaban J connectivity index is 1.75. The second kappa shape index (κ2) is 8.96. The number of hydrogen-bond donors (Lipinski definition) is 0. The first kappa shape index (κ1) is 19.3. The van der Waals surface area contributed by atoms with Crippen molar-refractivity contribution in [1.82, 2.24) is 9.55 Å². The second-order valence-corrected chi connectivity index (χ2v) is 7.43. The van der Waals surface area contributed by atoms with Crippen LogP contribution in [0.5, 0.6) is 0 Å². The molecule has 0 N–H and O–H groups in total. The monoisotopic (exact) mass is 429 g/mol. The molecule has 1 atom stereocenters. The van der Waals surface area contributed by atoms with E-state index in [0.29, 0.717) is 45.4 Å². The van der Waals surface area contributed by atoms with Crippen LogP contribution in [-0.2, 0) is 11.4 Å². The Morgan fingerprint density at radius 3 is 2.77 bits per heavy atom. The van der Waals surface area contributed by atoms with Crippen molar-refractivity contribution >= 4 is 52.1 Å². The summed E-state index contributed by atoms with van der Waals surface area (Å²) in [5, 5.41) is 6.41. The molecule has 1 unspecified atom stereocenters. The predicted molar refractivity (Wildman–Crippen MR) is 107 cm³/mol. The lowest BCUT2D eigenvalue weighted by Gasteiger charge is -2.19. The Morgan fingerprint density at radius 1 is 1.23 bits per heavy atom. The molecule has 1 heterocycles. The van der Waals surface area contributed by atoms with E-state index >= 15 is 0 Å². The molecule has 3 rings (SSSR count). The number of hydrogen-bond acceptors (Lipinski definition) is 3. The van der Waals surface area contributed by atoms with Gasteiger partial charge in [-0.25, -0.2) is 4.98 Å². The van der Waals surface area contributed by atoms with Crippen molar-refractivity contribution in [3.63, 3.8) is 0 Å². The van der Waals surface area contributed by atoms with Gasteiger partial charge in [0.05, 0.1) is 11.4 Å². The van der Waals surface area contributed by atoms with Gasteiger partial charge in [0.25, 0.3) is 0 Å². The third-order valence-electron chi connectivity index (χ3n) is 3.87. The molecule has 26 heavy (non-hydrogen) atoms. The number of allylic oxidation sites excluding steroid dienone is 4. The molecule has 2 aromatic rings. The van der Waals surface area contributed by atoms with E-state index in [2.05, 4.69) is 10.1 Å². The third-order valence-corrected chi connectivity index (χ3v) is 5.03. The summed E-state index contributed by atoms with van der Waals surface area (Å²) < 4.78 is 1.96. The van der Waals surface area contributed by atoms with Gasteiger partial charge in [-0.15, -0.1) is 0 Å². The van der Waals surface area contributed by atoms with Crippen LogP contribution in [0.4, 0.5) is 0 Å². The Labute approximate surface area is 171 Å². The lowest BCUT2D eigenvalue weighted by Crippen LogP contribution is -2.14. The van der Waals surface area contributed by atoms with Gasteiger partial charge in [-0.2, -0.15) is 0 Å². The molecule has 0 saturated carbocycles. The number of aromatic nitrogens is 2. The Hall–Kier alpha value is -1.46. The first-order chi connectivity index (χ1) is 12.5. The Morgan fingerprint density at radius 2 is 2.08 bits per heavy atom. The smallest absolute Gasteiger partial charge is 0.125 e. The highest BCUT2D eigenvalue weighted by atomic mass is 35.5. The van der Waals surface area contributed by atoms with Crippen molar-refractivity contribution in [2.24, 2.45) is 5.16 Å². The lowest BCUT2D eigenvalue weighted by molar-refractivity contribution is 0.124. The van der Waals surface area contributed by atoms with Crippen LogP contribution in [0.3, 0.4) is 0 Å². The van der Waals surface area contributed by atoms with Gasteiger partial charge >= 0.3 is 0 Å². The summed E-state index contributed by atoms with van der Waals surface area (Å²) in [6, 6.07) is 5.43. The summed E-state index contributed by atoms with van der Waals surface area (Å²) in [7, 11) is 0. The average molecular weight is 431 g/mol. The molecule has 1 aromatic carbocycles. The topological polar surface area (TPSA) is 39.4 Å². The Bertz CT molecular complexity index is 859. The first-order valence-corrected chi connectivity index (χ1v) is 9.37. The molecule has 136 valence electrons. The summed E-state index contributed by atoms with van der Waals surface area (Å²) in [6.07, 6.45) is 9.36. The van der Waals surface area contributed by atoms with Gasteiger partial charge in [-0.3, -0.25) is 0 Å². The zero-order valence-electron chi connectivity index (χ0n) is 13.6. The maximum absolute atomic E-state index is 6.38. The molecule has 1 aliphatic rings. The average Bonchev–Trinajstić information content (AvgIpc) is 3.09. The highest BCUT2D eigenvalue weighted by molar-refractivity contribution is 6.45. The van der Waals surface area contributed by atoms with E-state index in [1.54, 1.807) is 24.7 Å².